The molecule has 1 aliphatic heterocycles. The molecular formula is C37H43N8O4+. The maximum absolute atomic E-state index is 12.8. The molecule has 6 aromatic rings. The molecule has 0 bridgehead atoms. The first-order valence-electron chi connectivity index (χ1n) is 16.9. The van der Waals surface area contributed by atoms with Crippen molar-refractivity contribution in [3.05, 3.63) is 112 Å². The number of aromatic nitrogens is 6. The van der Waals surface area contributed by atoms with Crippen LogP contribution in [0.2, 0.25) is 0 Å². The fraction of sp³-hybridized carbons (Fsp3) is 0.351. The maximum Gasteiger partial charge on any atom is 0.326 e. The van der Waals surface area contributed by atoms with Crippen LogP contribution in [0.4, 0.5) is 5.95 Å². The highest BCUT2D eigenvalue weighted by atomic mass is 16.5. The zero-order valence-corrected chi connectivity index (χ0v) is 27.8. The second kappa shape index (κ2) is 15.0. The largest absolute Gasteiger partial charge is 0.506 e. The highest BCUT2D eigenvalue weighted by Crippen LogP contribution is 2.25. The number of pyridine rings is 2. The van der Waals surface area contributed by atoms with Gasteiger partial charge in [0.1, 0.15) is 17.0 Å². The number of aromatic hydroxyl groups is 1. The van der Waals surface area contributed by atoms with Crippen LogP contribution in [-0.2, 0) is 35.7 Å². The van der Waals surface area contributed by atoms with Crippen LogP contribution in [0.25, 0.3) is 22.1 Å². The summed E-state index contributed by atoms with van der Waals surface area (Å²) in [4.78, 5) is 27.8. The number of nitrogens with one attached hydrogen (secondary N) is 2. The predicted molar refractivity (Wildman–Crippen MR) is 188 cm³/mol. The second-order valence-corrected chi connectivity index (χ2v) is 12.5. The molecule has 49 heavy (non-hydrogen) atoms. The van der Waals surface area contributed by atoms with Crippen LogP contribution in [0.1, 0.15) is 28.9 Å². The number of benzene rings is 2. The summed E-state index contributed by atoms with van der Waals surface area (Å²) in [7, 11) is 0. The summed E-state index contributed by atoms with van der Waals surface area (Å²) >= 11 is 0. The van der Waals surface area contributed by atoms with E-state index in [9.17, 15) is 9.90 Å². The number of H-pyrrole nitrogens is 1. The zero-order valence-electron chi connectivity index (χ0n) is 27.8. The van der Waals surface area contributed by atoms with E-state index in [1.807, 2.05) is 67.8 Å². The van der Waals surface area contributed by atoms with Gasteiger partial charge in [0.2, 0.25) is 5.95 Å². The topological polar surface area (TPSA) is 126 Å². The first-order chi connectivity index (χ1) is 24.0. The van der Waals surface area contributed by atoms with Gasteiger partial charge in [0.15, 0.2) is 18.9 Å². The Morgan fingerprint density at radius 1 is 0.980 bits per heavy atom. The van der Waals surface area contributed by atoms with E-state index in [1.165, 1.54) is 0 Å². The van der Waals surface area contributed by atoms with Crippen LogP contribution >= 0.6 is 0 Å². The lowest BCUT2D eigenvalue weighted by Gasteiger charge is -2.26. The predicted octanol–water partition coefficient (Wildman–Crippen LogP) is 3.82. The SMILES string of the molecule is Cc1ccc(O)c(Cn2c(NCCCN3CCOCC3)nc3ccc(C[n+]4ccc5c(c4)[nH]c(=O)n5CCOCc4ccccc4)cc32)n1. The molecule has 0 spiro atoms. The number of rotatable bonds is 14. The molecule has 0 radical (unpaired) electrons. The lowest BCUT2D eigenvalue weighted by Crippen LogP contribution is -2.37. The van der Waals surface area contributed by atoms with Crippen LogP contribution < -0.4 is 15.6 Å². The van der Waals surface area contributed by atoms with Crippen molar-refractivity contribution in [3.8, 4) is 5.75 Å². The van der Waals surface area contributed by atoms with E-state index in [0.717, 1.165) is 90.6 Å². The highest BCUT2D eigenvalue weighted by molar-refractivity contribution is 5.79. The van der Waals surface area contributed by atoms with Gasteiger partial charge in [-0.1, -0.05) is 36.4 Å². The first kappa shape index (κ1) is 32.5. The summed E-state index contributed by atoms with van der Waals surface area (Å²) in [5.41, 5.74) is 6.90. The van der Waals surface area contributed by atoms with E-state index in [4.69, 9.17) is 14.5 Å². The van der Waals surface area contributed by atoms with E-state index in [-0.39, 0.29) is 11.4 Å². The Morgan fingerprint density at radius 2 is 1.84 bits per heavy atom. The van der Waals surface area contributed by atoms with Crippen LogP contribution in [0.3, 0.4) is 0 Å². The van der Waals surface area contributed by atoms with Crippen molar-refractivity contribution in [2.75, 3.05) is 51.3 Å². The van der Waals surface area contributed by atoms with Crippen molar-refractivity contribution in [1.82, 2.24) is 29.0 Å². The zero-order chi connectivity index (χ0) is 33.6. The van der Waals surface area contributed by atoms with E-state index in [1.54, 1.807) is 10.6 Å². The number of hydrogen-bond acceptors (Lipinski definition) is 8. The molecule has 0 amide bonds. The van der Waals surface area contributed by atoms with E-state index < -0.39 is 0 Å². The number of aromatic amines is 1. The Kier molecular flexibility index (Phi) is 9.96. The van der Waals surface area contributed by atoms with E-state index in [0.29, 0.717) is 38.5 Å². The van der Waals surface area contributed by atoms with E-state index in [2.05, 4.69) is 41.5 Å². The molecule has 7 rings (SSSR count). The van der Waals surface area contributed by atoms with Crippen molar-refractivity contribution in [1.29, 1.82) is 0 Å². The van der Waals surface area contributed by atoms with Crippen molar-refractivity contribution >= 4 is 28.0 Å². The van der Waals surface area contributed by atoms with Crippen LogP contribution in [0.15, 0.2) is 83.9 Å². The molecule has 1 aliphatic rings. The van der Waals surface area contributed by atoms with Gasteiger partial charge in [-0.2, -0.15) is 4.57 Å². The van der Waals surface area contributed by atoms with Gasteiger partial charge >= 0.3 is 5.69 Å². The highest BCUT2D eigenvalue weighted by Gasteiger charge is 2.17. The number of nitrogens with zero attached hydrogens (tertiary/aromatic N) is 6. The molecule has 1 saturated heterocycles. The quantitative estimate of drug-likeness (QED) is 0.119. The number of fused-ring (bicyclic) bond motifs is 2. The summed E-state index contributed by atoms with van der Waals surface area (Å²) in [6.07, 6.45) is 4.94. The molecule has 5 heterocycles. The van der Waals surface area contributed by atoms with Gasteiger partial charge in [0.25, 0.3) is 0 Å². The lowest BCUT2D eigenvalue weighted by molar-refractivity contribution is -0.687. The van der Waals surface area contributed by atoms with Gasteiger partial charge in [0, 0.05) is 37.0 Å². The number of imidazole rings is 2. The molecule has 0 aliphatic carbocycles. The van der Waals surface area contributed by atoms with Gasteiger partial charge in [0.05, 0.1) is 56.1 Å². The number of morpholine rings is 1. The number of aryl methyl sites for hydroxylation is 1. The third kappa shape index (κ3) is 7.83. The Labute approximate surface area is 284 Å². The van der Waals surface area contributed by atoms with Gasteiger partial charge < -0.3 is 29.4 Å². The van der Waals surface area contributed by atoms with Gasteiger partial charge in [-0.25, -0.2) is 9.78 Å². The normalized spacial score (nSPS) is 13.8. The molecule has 4 aromatic heterocycles. The van der Waals surface area contributed by atoms with Gasteiger partial charge in [-0.05, 0) is 49.7 Å². The number of anilines is 1. The Hall–Kier alpha value is -5.04. The molecule has 2 aromatic carbocycles. The van der Waals surface area contributed by atoms with Crippen molar-refractivity contribution in [3.63, 3.8) is 0 Å². The molecule has 0 atom stereocenters. The summed E-state index contributed by atoms with van der Waals surface area (Å²) in [5, 5.41) is 14.2. The molecule has 12 nitrogen and oxygen atoms in total. The molecule has 3 N–H and O–H groups in total. The molecular weight excluding hydrogens is 620 g/mol. The molecule has 0 saturated carbocycles. The monoisotopic (exact) mass is 663 g/mol. The molecule has 1 fully saturated rings. The Bertz CT molecular complexity index is 2080. The number of hydrogen-bond donors (Lipinski definition) is 3. The Balaban J connectivity index is 1.08. The minimum Gasteiger partial charge on any atom is -0.506 e. The molecule has 0 unspecified atom stereocenters. The fourth-order valence-electron chi connectivity index (χ4n) is 6.36. The lowest BCUT2D eigenvalue weighted by atomic mass is 10.2. The summed E-state index contributed by atoms with van der Waals surface area (Å²) in [6.45, 7) is 9.60. The number of ether oxygens (including phenoxy) is 2. The standard InChI is InChI=1S/C37H42N8O4/c1-27-8-11-35(46)32(39-27)25-45-34-22-29(9-10-30(34)40-36(45)38-13-5-14-42-16-19-48-20-17-42)23-43-15-12-33-31(24-43)41-37(47)44(33)18-21-49-26-28-6-3-2-4-7-28/h2-4,6-12,15,22,24H,5,13-14,16-21,23,25-26H2,1H3,(H2-,38,40,41,46,47)/p+1. The first-order valence-corrected chi connectivity index (χ1v) is 16.9. The second-order valence-electron chi connectivity index (χ2n) is 12.5. The van der Waals surface area contributed by atoms with Crippen molar-refractivity contribution in [2.45, 2.75) is 39.6 Å². The molecule has 254 valence electrons. The van der Waals surface area contributed by atoms with Gasteiger partial charge in [-0.3, -0.25) is 14.5 Å². The van der Waals surface area contributed by atoms with Crippen molar-refractivity contribution in [2.24, 2.45) is 0 Å². The van der Waals surface area contributed by atoms with Crippen molar-refractivity contribution < 1.29 is 19.1 Å². The minimum absolute atomic E-state index is 0.153. The third-order valence-electron chi connectivity index (χ3n) is 8.96. The van der Waals surface area contributed by atoms with Crippen LogP contribution in [0.5, 0.6) is 5.75 Å². The smallest absolute Gasteiger partial charge is 0.326 e. The van der Waals surface area contributed by atoms with Crippen LogP contribution in [0, 0.1) is 6.92 Å². The summed E-state index contributed by atoms with van der Waals surface area (Å²) in [5.74, 6) is 0.909. The average molecular weight is 664 g/mol. The van der Waals surface area contributed by atoms with Gasteiger partial charge in [-0.15, -0.1) is 0 Å². The minimum atomic E-state index is -0.153. The Morgan fingerprint density at radius 3 is 2.69 bits per heavy atom. The average Bonchev–Trinajstić information content (AvgIpc) is 3.62. The van der Waals surface area contributed by atoms with E-state index >= 15 is 0 Å². The summed E-state index contributed by atoms with van der Waals surface area (Å²) in [6, 6.07) is 21.8. The third-order valence-corrected chi connectivity index (χ3v) is 8.96. The fourth-order valence-corrected chi connectivity index (χ4v) is 6.36. The van der Waals surface area contributed by atoms with Crippen LogP contribution in [-0.4, -0.2) is 80.1 Å². The molecule has 12 heteroatoms. The maximum atomic E-state index is 12.8. The summed E-state index contributed by atoms with van der Waals surface area (Å²) < 4.78 is 17.2.